The van der Waals surface area contributed by atoms with Gasteiger partial charge in [0.05, 0.1) is 6.10 Å². The highest BCUT2D eigenvalue weighted by Gasteiger charge is 2.47. The van der Waals surface area contributed by atoms with Crippen LogP contribution in [0.15, 0.2) is 37.0 Å². The Morgan fingerprint density at radius 2 is 1.73 bits per heavy atom. The Kier molecular flexibility index (Phi) is 6.84. The van der Waals surface area contributed by atoms with Gasteiger partial charge in [-0.25, -0.2) is 8.78 Å². The molecule has 0 amide bonds. The van der Waals surface area contributed by atoms with Gasteiger partial charge in [0, 0.05) is 25.4 Å². The normalized spacial score (nSPS) is 21.0. The van der Waals surface area contributed by atoms with Gasteiger partial charge < -0.3 is 10.0 Å². The summed E-state index contributed by atoms with van der Waals surface area (Å²) in [7, 11) is 0. The first-order chi connectivity index (χ1) is 12.3. The maximum absolute atomic E-state index is 13.7. The molecule has 1 N–H and O–H groups in total. The van der Waals surface area contributed by atoms with Crippen molar-refractivity contribution in [2.75, 3.05) is 6.54 Å². The molecule has 0 aromatic heterocycles. The predicted molar refractivity (Wildman–Crippen MR) is 103 cm³/mol. The zero-order valence-electron chi connectivity index (χ0n) is 16.3. The van der Waals surface area contributed by atoms with Crippen LogP contribution in [0.2, 0.25) is 0 Å². The summed E-state index contributed by atoms with van der Waals surface area (Å²) < 4.78 is 27.4. The number of halogens is 2. The predicted octanol–water partition coefficient (Wildman–Crippen LogP) is 5.86. The van der Waals surface area contributed by atoms with Crippen LogP contribution in [0.25, 0.3) is 0 Å². The van der Waals surface area contributed by atoms with Gasteiger partial charge in [-0.1, -0.05) is 50.3 Å². The molecule has 2 atom stereocenters. The molecular weight excluding hydrogens is 332 g/mol. The lowest BCUT2D eigenvalue weighted by atomic mass is 9.65. The largest absolute Gasteiger partial charge is 0.387 e. The fourth-order valence-electron chi connectivity index (χ4n) is 4.48. The van der Waals surface area contributed by atoms with Gasteiger partial charge in [-0.2, -0.15) is 0 Å². The number of hydrogen-bond donors (Lipinski definition) is 1. The number of alkyl halides is 2. The van der Waals surface area contributed by atoms with Crippen LogP contribution in [0, 0.1) is 12.3 Å². The first-order valence-electron chi connectivity index (χ1n) is 9.77. The van der Waals surface area contributed by atoms with E-state index in [2.05, 4.69) is 25.3 Å². The molecule has 0 bridgehead atoms. The minimum absolute atomic E-state index is 0.0389. The molecule has 4 heteroatoms. The molecule has 0 saturated heterocycles. The Bertz CT molecular complexity index is 574. The van der Waals surface area contributed by atoms with Crippen LogP contribution in [0.1, 0.15) is 69.6 Å². The van der Waals surface area contributed by atoms with Crippen LogP contribution < -0.4 is 0 Å². The number of benzene rings is 1. The summed E-state index contributed by atoms with van der Waals surface area (Å²) in [5.74, 6) is -2.53. The number of rotatable bonds is 8. The molecule has 146 valence electrons. The highest BCUT2D eigenvalue weighted by Crippen LogP contribution is 2.49. The van der Waals surface area contributed by atoms with E-state index in [0.717, 1.165) is 24.0 Å². The van der Waals surface area contributed by atoms with Crippen molar-refractivity contribution in [3.63, 3.8) is 0 Å². The average Bonchev–Trinajstić information content (AvgIpc) is 2.63. The quantitative estimate of drug-likeness (QED) is 0.624. The van der Waals surface area contributed by atoms with Gasteiger partial charge in [-0.3, -0.25) is 0 Å². The van der Waals surface area contributed by atoms with Gasteiger partial charge in [0.15, 0.2) is 0 Å². The lowest BCUT2D eigenvalue weighted by Gasteiger charge is -2.49. The molecule has 1 aromatic carbocycles. The zero-order valence-corrected chi connectivity index (χ0v) is 16.3. The summed E-state index contributed by atoms with van der Waals surface area (Å²) in [5, 5.41) is 10.7. The second-order valence-corrected chi connectivity index (χ2v) is 7.80. The average molecular weight is 366 g/mol. The Morgan fingerprint density at radius 3 is 2.19 bits per heavy atom. The molecule has 1 aromatic rings. The molecule has 0 spiro atoms. The summed E-state index contributed by atoms with van der Waals surface area (Å²) in [6, 6.07) is 7.98. The Labute approximate surface area is 156 Å². The molecule has 0 radical (unpaired) electrons. The van der Waals surface area contributed by atoms with E-state index in [0.29, 0.717) is 19.4 Å². The number of aryl methyl sites for hydroxylation is 1. The van der Waals surface area contributed by atoms with Crippen molar-refractivity contribution in [2.24, 2.45) is 5.41 Å². The molecule has 1 aliphatic carbocycles. The van der Waals surface area contributed by atoms with Gasteiger partial charge in [-0.15, -0.1) is 0 Å². The molecule has 2 nitrogen and oxygen atoms in total. The minimum atomic E-state index is -2.53. The smallest absolute Gasteiger partial charge is 0.248 e. The van der Waals surface area contributed by atoms with Gasteiger partial charge in [0.2, 0.25) is 5.92 Å². The molecule has 0 aliphatic heterocycles. The van der Waals surface area contributed by atoms with Gasteiger partial charge >= 0.3 is 0 Å². The van der Waals surface area contributed by atoms with E-state index >= 15 is 0 Å². The van der Waals surface area contributed by atoms with E-state index < -0.39 is 12.0 Å². The van der Waals surface area contributed by atoms with Crippen molar-refractivity contribution in [3.05, 3.63) is 48.2 Å². The molecule has 26 heavy (non-hydrogen) atoms. The maximum atomic E-state index is 13.7. The van der Waals surface area contributed by atoms with Crippen LogP contribution in [-0.4, -0.2) is 28.5 Å². The highest BCUT2D eigenvalue weighted by atomic mass is 19.3. The fraction of sp³-hybridized carbons (Fsp3) is 0.636. The monoisotopic (exact) mass is 365 g/mol. The van der Waals surface area contributed by atoms with E-state index in [4.69, 9.17) is 0 Å². The van der Waals surface area contributed by atoms with E-state index in [1.807, 2.05) is 31.2 Å². The summed E-state index contributed by atoms with van der Waals surface area (Å²) in [4.78, 5) is 2.08. The molecule has 1 saturated carbocycles. The lowest BCUT2D eigenvalue weighted by Crippen LogP contribution is -2.49. The van der Waals surface area contributed by atoms with E-state index in [1.165, 1.54) is 0 Å². The SMILES string of the molecule is C=CN(CC(O)c1ccc(C)cc1)C(CC)C1(CC)CCC(F)(F)CC1. The van der Waals surface area contributed by atoms with Crippen molar-refractivity contribution in [1.29, 1.82) is 0 Å². The number of aliphatic hydroxyl groups is 1. The van der Waals surface area contributed by atoms with Gasteiger partial charge in [0.1, 0.15) is 0 Å². The van der Waals surface area contributed by atoms with Crippen molar-refractivity contribution in [3.8, 4) is 0 Å². The molecule has 2 rings (SSSR count). The third-order valence-electron chi connectivity index (χ3n) is 6.26. The van der Waals surface area contributed by atoms with E-state index in [9.17, 15) is 13.9 Å². The Hall–Kier alpha value is -1.42. The molecule has 1 fully saturated rings. The van der Waals surface area contributed by atoms with Crippen molar-refractivity contribution in [1.82, 2.24) is 4.90 Å². The van der Waals surface area contributed by atoms with Crippen LogP contribution in [0.3, 0.4) is 0 Å². The number of aliphatic hydroxyl groups excluding tert-OH is 1. The second kappa shape index (κ2) is 8.51. The van der Waals surface area contributed by atoms with Crippen LogP contribution >= 0.6 is 0 Å². The molecule has 2 unspecified atom stereocenters. The highest BCUT2D eigenvalue weighted by molar-refractivity contribution is 5.23. The van der Waals surface area contributed by atoms with E-state index in [-0.39, 0.29) is 24.3 Å². The first kappa shape index (κ1) is 20.9. The van der Waals surface area contributed by atoms with Gasteiger partial charge in [0.25, 0.3) is 0 Å². The van der Waals surface area contributed by atoms with Gasteiger partial charge in [-0.05, 0) is 49.8 Å². The van der Waals surface area contributed by atoms with Crippen LogP contribution in [0.4, 0.5) is 8.78 Å². The second-order valence-electron chi connectivity index (χ2n) is 7.80. The summed E-state index contributed by atoms with van der Waals surface area (Å²) >= 11 is 0. The lowest BCUT2D eigenvalue weighted by molar-refractivity contribution is -0.0885. The number of nitrogens with zero attached hydrogens (tertiary/aromatic N) is 1. The topological polar surface area (TPSA) is 23.5 Å². The summed E-state index contributed by atoms with van der Waals surface area (Å²) in [6.45, 7) is 10.6. The molecule has 1 aliphatic rings. The van der Waals surface area contributed by atoms with Crippen molar-refractivity contribution < 1.29 is 13.9 Å². The number of hydrogen-bond acceptors (Lipinski definition) is 2. The van der Waals surface area contributed by atoms with E-state index in [1.54, 1.807) is 6.20 Å². The first-order valence-corrected chi connectivity index (χ1v) is 9.77. The third kappa shape index (κ3) is 4.64. The fourth-order valence-corrected chi connectivity index (χ4v) is 4.48. The zero-order chi connectivity index (χ0) is 19.4. The molecule has 0 heterocycles. The maximum Gasteiger partial charge on any atom is 0.248 e. The third-order valence-corrected chi connectivity index (χ3v) is 6.26. The Morgan fingerprint density at radius 1 is 1.15 bits per heavy atom. The summed E-state index contributed by atoms with van der Waals surface area (Å²) in [5.41, 5.74) is 1.89. The van der Waals surface area contributed by atoms with Crippen molar-refractivity contribution in [2.45, 2.75) is 77.4 Å². The van der Waals surface area contributed by atoms with Crippen LogP contribution in [-0.2, 0) is 0 Å². The van der Waals surface area contributed by atoms with Crippen LogP contribution in [0.5, 0.6) is 0 Å². The Balaban J connectivity index is 2.16. The van der Waals surface area contributed by atoms with Crippen molar-refractivity contribution >= 4 is 0 Å². The standard InChI is InChI=1S/C22H33F2NO/c1-5-20(21(6-2)12-14-22(23,24)15-13-21)25(7-3)16-19(26)18-10-8-17(4)9-11-18/h7-11,19-20,26H,3,5-6,12-16H2,1-2,4H3. The molecular formula is C22H33F2NO. The summed E-state index contributed by atoms with van der Waals surface area (Å²) in [6.07, 6.45) is 3.85. The minimum Gasteiger partial charge on any atom is -0.387 e.